The van der Waals surface area contributed by atoms with Gasteiger partial charge in [-0.2, -0.15) is 0 Å². The Kier molecular flexibility index (Phi) is 6.47. The number of hydrogen-bond acceptors (Lipinski definition) is 3. The molecule has 28 heavy (non-hydrogen) atoms. The summed E-state index contributed by atoms with van der Waals surface area (Å²) < 4.78 is 5.32. The van der Waals surface area contributed by atoms with Gasteiger partial charge in [-0.3, -0.25) is 9.59 Å². The molecule has 0 aliphatic carbocycles. The van der Waals surface area contributed by atoms with Crippen LogP contribution in [-0.2, 0) is 4.79 Å². The van der Waals surface area contributed by atoms with Crippen molar-refractivity contribution >= 4 is 40.7 Å². The predicted molar refractivity (Wildman–Crippen MR) is 111 cm³/mol. The highest BCUT2D eigenvalue weighted by Gasteiger charge is 2.29. The molecule has 1 N–H and O–H groups in total. The van der Waals surface area contributed by atoms with Crippen molar-refractivity contribution in [1.82, 2.24) is 4.90 Å². The maximum Gasteiger partial charge on any atom is 0.253 e. The second kappa shape index (κ2) is 8.84. The number of rotatable bonds is 4. The molecule has 1 atom stereocenters. The zero-order chi connectivity index (χ0) is 20.3. The minimum Gasteiger partial charge on any atom is -0.495 e. The van der Waals surface area contributed by atoms with E-state index in [4.69, 9.17) is 27.9 Å². The smallest absolute Gasteiger partial charge is 0.253 e. The van der Waals surface area contributed by atoms with Gasteiger partial charge in [0.1, 0.15) is 5.75 Å². The van der Waals surface area contributed by atoms with Crippen molar-refractivity contribution < 1.29 is 14.3 Å². The van der Waals surface area contributed by atoms with Crippen LogP contribution in [0.1, 0.15) is 28.8 Å². The van der Waals surface area contributed by atoms with E-state index >= 15 is 0 Å². The largest absolute Gasteiger partial charge is 0.495 e. The zero-order valence-electron chi connectivity index (χ0n) is 15.8. The molecule has 1 fully saturated rings. The van der Waals surface area contributed by atoms with Gasteiger partial charge < -0.3 is 15.0 Å². The summed E-state index contributed by atoms with van der Waals surface area (Å²) in [6.07, 6.45) is 1.50. The number of piperidine rings is 1. The molecular weight excluding hydrogens is 399 g/mol. The molecule has 1 saturated heterocycles. The highest BCUT2D eigenvalue weighted by atomic mass is 35.5. The SMILES string of the molecule is COc1cc(Cl)c(C)cc1NC(=O)C1CCCN(C(=O)c2ccc(Cl)cc2)C1. The van der Waals surface area contributed by atoms with Gasteiger partial charge in [0.05, 0.1) is 18.7 Å². The van der Waals surface area contributed by atoms with Gasteiger partial charge in [0.2, 0.25) is 5.91 Å². The molecule has 0 bridgehead atoms. The van der Waals surface area contributed by atoms with Crippen LogP contribution in [0.4, 0.5) is 5.69 Å². The minimum absolute atomic E-state index is 0.0888. The van der Waals surface area contributed by atoms with Gasteiger partial charge in [-0.15, -0.1) is 0 Å². The predicted octanol–water partition coefficient (Wildman–Crippen LogP) is 4.80. The number of carbonyl (C=O) groups is 2. The topological polar surface area (TPSA) is 58.6 Å². The van der Waals surface area contributed by atoms with E-state index in [1.807, 2.05) is 6.92 Å². The Morgan fingerprint density at radius 1 is 1.18 bits per heavy atom. The summed E-state index contributed by atoms with van der Waals surface area (Å²) in [6, 6.07) is 10.3. The van der Waals surface area contributed by atoms with Crippen molar-refractivity contribution in [3.05, 3.63) is 57.6 Å². The van der Waals surface area contributed by atoms with E-state index in [1.54, 1.807) is 41.3 Å². The van der Waals surface area contributed by atoms with E-state index in [2.05, 4.69) is 5.32 Å². The number of aryl methyl sites for hydroxylation is 1. The standard InChI is InChI=1S/C21H22Cl2N2O3/c1-13-10-18(19(28-2)11-17(13)23)24-20(26)15-4-3-9-25(12-15)21(27)14-5-7-16(22)8-6-14/h5-8,10-11,15H,3-4,9,12H2,1-2H3,(H,24,26). The van der Waals surface area contributed by atoms with Crippen LogP contribution in [0.5, 0.6) is 5.75 Å². The second-order valence-electron chi connectivity index (χ2n) is 6.89. The number of nitrogens with one attached hydrogen (secondary N) is 1. The van der Waals surface area contributed by atoms with Crippen LogP contribution in [0.2, 0.25) is 10.0 Å². The molecule has 2 aromatic carbocycles. The molecule has 2 amide bonds. The van der Waals surface area contributed by atoms with E-state index in [0.717, 1.165) is 18.4 Å². The number of likely N-dealkylation sites (tertiary alicyclic amines) is 1. The molecule has 1 aliphatic heterocycles. The summed E-state index contributed by atoms with van der Waals surface area (Å²) in [5.41, 5.74) is 2.00. The highest BCUT2D eigenvalue weighted by Crippen LogP contribution is 2.32. The molecule has 148 valence electrons. The minimum atomic E-state index is -0.286. The average Bonchev–Trinajstić information content (AvgIpc) is 2.70. The molecule has 1 unspecified atom stereocenters. The molecule has 0 radical (unpaired) electrons. The molecule has 0 aromatic heterocycles. The molecule has 2 aromatic rings. The first-order valence-electron chi connectivity index (χ1n) is 9.09. The number of benzene rings is 2. The third-order valence-corrected chi connectivity index (χ3v) is 5.57. The molecule has 0 spiro atoms. The van der Waals surface area contributed by atoms with E-state index in [9.17, 15) is 9.59 Å². The average molecular weight is 421 g/mol. The van der Waals surface area contributed by atoms with Crippen LogP contribution in [0.3, 0.4) is 0 Å². The third-order valence-electron chi connectivity index (χ3n) is 4.91. The number of methoxy groups -OCH3 is 1. The molecule has 1 aliphatic rings. The number of ether oxygens (including phenoxy) is 1. The lowest BCUT2D eigenvalue weighted by Crippen LogP contribution is -2.43. The van der Waals surface area contributed by atoms with Crippen molar-refractivity contribution in [2.45, 2.75) is 19.8 Å². The summed E-state index contributed by atoms with van der Waals surface area (Å²) in [5.74, 6) is 0.00209. The normalized spacial score (nSPS) is 16.6. The van der Waals surface area contributed by atoms with Gasteiger partial charge in [0.15, 0.2) is 0 Å². The Morgan fingerprint density at radius 2 is 1.89 bits per heavy atom. The van der Waals surface area contributed by atoms with Crippen molar-refractivity contribution in [3.8, 4) is 5.75 Å². The van der Waals surface area contributed by atoms with Crippen LogP contribution in [0.25, 0.3) is 0 Å². The zero-order valence-corrected chi connectivity index (χ0v) is 17.3. The van der Waals surface area contributed by atoms with E-state index in [1.165, 1.54) is 7.11 Å². The number of hydrogen-bond donors (Lipinski definition) is 1. The first kappa shape index (κ1) is 20.5. The van der Waals surface area contributed by atoms with Gasteiger partial charge in [0, 0.05) is 34.8 Å². The molecular formula is C21H22Cl2N2O3. The van der Waals surface area contributed by atoms with E-state index < -0.39 is 0 Å². The Hall–Kier alpha value is -2.24. The lowest BCUT2D eigenvalue weighted by Gasteiger charge is -2.32. The van der Waals surface area contributed by atoms with Crippen LogP contribution in [-0.4, -0.2) is 36.9 Å². The van der Waals surface area contributed by atoms with Gasteiger partial charge in [-0.25, -0.2) is 0 Å². The van der Waals surface area contributed by atoms with Crippen LogP contribution in [0, 0.1) is 12.8 Å². The molecule has 3 rings (SSSR count). The molecule has 0 saturated carbocycles. The Bertz CT molecular complexity index is 884. The highest BCUT2D eigenvalue weighted by molar-refractivity contribution is 6.31. The van der Waals surface area contributed by atoms with E-state index in [-0.39, 0.29) is 17.7 Å². The summed E-state index contributed by atoms with van der Waals surface area (Å²) in [7, 11) is 1.53. The number of anilines is 1. The number of amides is 2. The van der Waals surface area contributed by atoms with Crippen LogP contribution in [0.15, 0.2) is 36.4 Å². The summed E-state index contributed by atoms with van der Waals surface area (Å²) in [4.78, 5) is 27.3. The van der Waals surface area contributed by atoms with Crippen molar-refractivity contribution in [1.29, 1.82) is 0 Å². The number of carbonyl (C=O) groups excluding carboxylic acids is 2. The maximum absolute atomic E-state index is 12.8. The Balaban J connectivity index is 1.70. The third kappa shape index (κ3) is 4.59. The van der Waals surface area contributed by atoms with Gasteiger partial charge in [-0.05, 0) is 55.7 Å². The fourth-order valence-electron chi connectivity index (χ4n) is 3.32. The van der Waals surface area contributed by atoms with Gasteiger partial charge >= 0.3 is 0 Å². The van der Waals surface area contributed by atoms with Crippen molar-refractivity contribution in [2.24, 2.45) is 5.92 Å². The summed E-state index contributed by atoms with van der Waals surface area (Å²) >= 11 is 12.0. The van der Waals surface area contributed by atoms with E-state index in [0.29, 0.717) is 40.1 Å². The number of nitrogens with zero attached hydrogens (tertiary/aromatic N) is 1. The fraction of sp³-hybridized carbons (Fsp3) is 0.333. The fourth-order valence-corrected chi connectivity index (χ4v) is 3.59. The first-order valence-corrected chi connectivity index (χ1v) is 9.84. The summed E-state index contributed by atoms with van der Waals surface area (Å²) in [5, 5.41) is 4.09. The van der Waals surface area contributed by atoms with Crippen molar-refractivity contribution in [3.63, 3.8) is 0 Å². The number of halogens is 2. The quantitative estimate of drug-likeness (QED) is 0.772. The first-order chi connectivity index (χ1) is 13.4. The molecule has 5 nitrogen and oxygen atoms in total. The Labute approximate surface area is 174 Å². The lowest BCUT2D eigenvalue weighted by atomic mass is 9.96. The van der Waals surface area contributed by atoms with Crippen LogP contribution >= 0.6 is 23.2 Å². The molecule has 1 heterocycles. The second-order valence-corrected chi connectivity index (χ2v) is 7.73. The monoisotopic (exact) mass is 420 g/mol. The lowest BCUT2D eigenvalue weighted by molar-refractivity contribution is -0.121. The van der Waals surface area contributed by atoms with Crippen LogP contribution < -0.4 is 10.1 Å². The van der Waals surface area contributed by atoms with Gasteiger partial charge in [-0.1, -0.05) is 23.2 Å². The maximum atomic E-state index is 12.8. The summed E-state index contributed by atoms with van der Waals surface area (Å²) in [6.45, 7) is 2.88. The molecule has 7 heteroatoms. The van der Waals surface area contributed by atoms with Gasteiger partial charge in [0.25, 0.3) is 5.91 Å². The Morgan fingerprint density at radius 3 is 2.57 bits per heavy atom. The van der Waals surface area contributed by atoms with Crippen molar-refractivity contribution in [2.75, 3.05) is 25.5 Å².